The quantitative estimate of drug-likeness (QED) is 0.489. The van der Waals surface area contributed by atoms with Crippen molar-refractivity contribution in [2.45, 2.75) is 39.0 Å². The monoisotopic (exact) mass is 263 g/mol. The number of rotatable bonds is 1. The van der Waals surface area contributed by atoms with Crippen molar-refractivity contribution in [2.75, 3.05) is 0 Å². The lowest BCUT2D eigenvalue weighted by Gasteiger charge is -2.27. The highest BCUT2D eigenvalue weighted by Gasteiger charge is 2.50. The molecule has 1 saturated heterocycles. The zero-order valence-electron chi connectivity index (χ0n) is 11.1. The van der Waals surface area contributed by atoms with Crippen LogP contribution in [0, 0.1) is 15.5 Å². The molecule has 1 aliphatic carbocycles. The minimum Gasteiger partial charge on any atom is -0.510 e. The normalized spacial score (nSPS) is 35.6. The molecule has 0 radical (unpaired) electrons. The van der Waals surface area contributed by atoms with Crippen LogP contribution in [0.3, 0.4) is 0 Å². The second-order valence-corrected chi connectivity index (χ2v) is 5.91. The molecule has 0 spiro atoms. The molecule has 0 saturated carbocycles. The summed E-state index contributed by atoms with van der Waals surface area (Å²) in [4.78, 5) is 10.5. The lowest BCUT2D eigenvalue weighted by molar-refractivity contribution is -0.419. The average molecular weight is 263 g/mol. The summed E-state index contributed by atoms with van der Waals surface area (Å²) in [6.07, 6.45) is 2.77. The molecule has 6 heteroatoms. The van der Waals surface area contributed by atoms with Crippen molar-refractivity contribution in [1.82, 2.24) is 10.6 Å². The number of aliphatic hydroxyl groups is 1. The molecule has 102 valence electrons. The molecule has 0 amide bonds. The Kier molecular flexibility index (Phi) is 2.40. The van der Waals surface area contributed by atoms with Gasteiger partial charge in [-0.25, -0.2) is 0 Å². The number of aliphatic hydroxyl groups excluding tert-OH is 1. The van der Waals surface area contributed by atoms with Gasteiger partial charge in [0.2, 0.25) is 0 Å². The van der Waals surface area contributed by atoms with Gasteiger partial charge in [-0.2, -0.15) is 0 Å². The summed E-state index contributed by atoms with van der Waals surface area (Å²) in [5.41, 5.74) is 1.79. The predicted octanol–water partition coefficient (Wildman–Crippen LogP) is 1.21. The fourth-order valence-corrected chi connectivity index (χ4v) is 3.18. The van der Waals surface area contributed by atoms with E-state index in [1.807, 2.05) is 0 Å². The highest BCUT2D eigenvalue weighted by atomic mass is 16.6. The van der Waals surface area contributed by atoms with Gasteiger partial charge in [-0.1, -0.05) is 13.8 Å². The number of nitro groups is 1. The number of hydrogen-bond donors (Lipinski definition) is 3. The van der Waals surface area contributed by atoms with E-state index in [1.54, 1.807) is 6.08 Å². The van der Waals surface area contributed by atoms with Gasteiger partial charge < -0.3 is 5.11 Å². The number of nitrogens with one attached hydrogen (secondary N) is 2. The maximum absolute atomic E-state index is 10.9. The summed E-state index contributed by atoms with van der Waals surface area (Å²) in [6.45, 7) is 6.33. The molecule has 3 rings (SSSR count). The largest absolute Gasteiger partial charge is 0.510 e. The Bertz CT molecular complexity index is 559. The number of allylic oxidation sites excluding steroid dienone is 1. The van der Waals surface area contributed by atoms with Crippen LogP contribution in [0.4, 0.5) is 0 Å². The third-order valence-corrected chi connectivity index (χ3v) is 4.54. The molecule has 19 heavy (non-hydrogen) atoms. The summed E-state index contributed by atoms with van der Waals surface area (Å²) in [5, 5.41) is 27.6. The molecule has 2 aliphatic heterocycles. The number of nitrogens with zero attached hydrogens (tertiary/aromatic N) is 1. The molecule has 0 aromatic heterocycles. The van der Waals surface area contributed by atoms with Crippen molar-refractivity contribution >= 4 is 0 Å². The second-order valence-electron chi connectivity index (χ2n) is 5.91. The fourth-order valence-electron chi connectivity index (χ4n) is 3.18. The molecular formula is C13H17N3O3. The van der Waals surface area contributed by atoms with E-state index in [4.69, 9.17) is 0 Å². The van der Waals surface area contributed by atoms with Crippen LogP contribution in [0.25, 0.3) is 0 Å². The smallest absolute Gasteiger partial charge is 0.273 e. The Balaban J connectivity index is 2.15. The Hall–Kier alpha value is -1.66. The van der Waals surface area contributed by atoms with E-state index in [9.17, 15) is 15.2 Å². The fraction of sp³-hybridized carbons (Fsp3) is 0.538. The zero-order valence-corrected chi connectivity index (χ0v) is 11.1. The Labute approximate surface area is 111 Å². The van der Waals surface area contributed by atoms with Crippen LogP contribution in [0.5, 0.6) is 0 Å². The van der Waals surface area contributed by atoms with Gasteiger partial charge in [0.15, 0.2) is 0 Å². The van der Waals surface area contributed by atoms with Crippen molar-refractivity contribution < 1.29 is 10.0 Å². The van der Waals surface area contributed by atoms with Gasteiger partial charge >= 0.3 is 0 Å². The van der Waals surface area contributed by atoms with E-state index in [0.29, 0.717) is 0 Å². The first-order valence-corrected chi connectivity index (χ1v) is 6.35. The first-order chi connectivity index (χ1) is 8.82. The topological polar surface area (TPSA) is 87.4 Å². The maximum atomic E-state index is 10.9. The van der Waals surface area contributed by atoms with Crippen molar-refractivity contribution in [3.8, 4) is 0 Å². The van der Waals surface area contributed by atoms with Gasteiger partial charge in [0.1, 0.15) is 5.76 Å². The van der Waals surface area contributed by atoms with Gasteiger partial charge in [-0.05, 0) is 18.1 Å². The minimum atomic E-state index is -0.466. The summed E-state index contributed by atoms with van der Waals surface area (Å²) in [7, 11) is 0. The van der Waals surface area contributed by atoms with Crippen LogP contribution in [-0.2, 0) is 0 Å². The third-order valence-electron chi connectivity index (χ3n) is 4.54. The summed E-state index contributed by atoms with van der Waals surface area (Å²) in [6, 6.07) is -0.0584. The lowest BCUT2D eigenvalue weighted by atomic mass is 9.78. The van der Waals surface area contributed by atoms with E-state index >= 15 is 0 Å². The predicted molar refractivity (Wildman–Crippen MR) is 69.9 cm³/mol. The van der Waals surface area contributed by atoms with Crippen molar-refractivity contribution in [3.63, 3.8) is 0 Å². The van der Waals surface area contributed by atoms with Crippen LogP contribution in [-0.4, -0.2) is 28.3 Å². The molecule has 3 atom stereocenters. The molecule has 3 aliphatic rings. The minimum absolute atomic E-state index is 0.0105. The molecule has 6 nitrogen and oxygen atoms in total. The molecule has 0 bridgehead atoms. The molecule has 2 heterocycles. The SMILES string of the molecule is CC1NC2NC3C(O)=CC([N+](=O)[O-])=CC3=C2C1(C)C. The standard InChI is InChI=1S/C13H17N3O3/c1-6-13(2,3)10-8-4-7(16(18)19)5-9(17)11(8)15-12(10)14-6/h4-6,11-12,14-15,17H,1-3H3. The van der Waals surface area contributed by atoms with Gasteiger partial charge in [-0.15, -0.1) is 0 Å². The van der Waals surface area contributed by atoms with Gasteiger partial charge in [0.25, 0.3) is 5.70 Å². The summed E-state index contributed by atoms with van der Waals surface area (Å²) < 4.78 is 0. The number of hydrogen-bond acceptors (Lipinski definition) is 5. The highest BCUT2D eigenvalue weighted by Crippen LogP contribution is 2.45. The van der Waals surface area contributed by atoms with E-state index in [0.717, 1.165) is 11.1 Å². The number of fused-ring (bicyclic) bond motifs is 2. The summed E-state index contributed by atoms with van der Waals surface area (Å²) >= 11 is 0. The van der Waals surface area contributed by atoms with Gasteiger partial charge in [0, 0.05) is 17.5 Å². The molecule has 1 fully saturated rings. The van der Waals surface area contributed by atoms with Crippen LogP contribution in [0.2, 0.25) is 0 Å². The zero-order chi connectivity index (χ0) is 13.9. The van der Waals surface area contributed by atoms with Crippen LogP contribution in [0.1, 0.15) is 20.8 Å². The highest BCUT2D eigenvalue weighted by molar-refractivity contribution is 5.52. The van der Waals surface area contributed by atoms with Gasteiger partial charge in [-0.3, -0.25) is 20.7 Å². The molecule has 3 unspecified atom stereocenters. The first-order valence-electron chi connectivity index (χ1n) is 6.35. The Morgan fingerprint density at radius 3 is 2.68 bits per heavy atom. The van der Waals surface area contributed by atoms with E-state index in [2.05, 4.69) is 31.4 Å². The van der Waals surface area contributed by atoms with E-state index in [1.165, 1.54) is 6.08 Å². The summed E-state index contributed by atoms with van der Waals surface area (Å²) in [5.74, 6) is 0.0105. The molecular weight excluding hydrogens is 246 g/mol. The Morgan fingerprint density at radius 2 is 2.05 bits per heavy atom. The van der Waals surface area contributed by atoms with E-state index < -0.39 is 4.92 Å². The van der Waals surface area contributed by atoms with E-state index in [-0.39, 0.29) is 35.1 Å². The average Bonchev–Trinajstić information content (AvgIpc) is 2.76. The third kappa shape index (κ3) is 1.56. The Morgan fingerprint density at radius 1 is 1.37 bits per heavy atom. The maximum Gasteiger partial charge on any atom is 0.273 e. The molecule has 0 aromatic carbocycles. The molecule has 3 N–H and O–H groups in total. The van der Waals surface area contributed by atoms with Crippen LogP contribution < -0.4 is 10.6 Å². The van der Waals surface area contributed by atoms with Crippen LogP contribution in [0.15, 0.2) is 34.8 Å². The van der Waals surface area contributed by atoms with Gasteiger partial charge in [0.05, 0.1) is 23.2 Å². The van der Waals surface area contributed by atoms with Crippen molar-refractivity contribution in [2.24, 2.45) is 5.41 Å². The van der Waals surface area contributed by atoms with Crippen molar-refractivity contribution in [1.29, 1.82) is 0 Å². The lowest BCUT2D eigenvalue weighted by Crippen LogP contribution is -2.43. The second kappa shape index (κ2) is 3.68. The van der Waals surface area contributed by atoms with Crippen LogP contribution >= 0.6 is 0 Å². The van der Waals surface area contributed by atoms with Crippen molar-refractivity contribution in [3.05, 3.63) is 44.9 Å². The molecule has 0 aromatic rings. The first kappa shape index (κ1) is 12.4.